The maximum atomic E-state index is 12.4. The minimum absolute atomic E-state index is 0.0251. The lowest BCUT2D eigenvalue weighted by Crippen LogP contribution is -2.43. The summed E-state index contributed by atoms with van der Waals surface area (Å²) in [4.78, 5) is 25.1. The number of piperidine rings is 1. The summed E-state index contributed by atoms with van der Waals surface area (Å²) in [7, 11) is 0. The predicted molar refractivity (Wildman–Crippen MR) is 71.8 cm³/mol. The smallest absolute Gasteiger partial charge is 0.308 e. The van der Waals surface area contributed by atoms with Crippen molar-refractivity contribution in [1.29, 1.82) is 0 Å². The number of benzene rings is 1. The highest BCUT2D eigenvalue weighted by atomic mass is 16.4. The Morgan fingerprint density at radius 2 is 2.00 bits per heavy atom. The van der Waals surface area contributed by atoms with Crippen molar-refractivity contribution in [3.63, 3.8) is 0 Å². The first-order valence-electron chi connectivity index (χ1n) is 6.66. The molecular weight excluding hydrogens is 242 g/mol. The van der Waals surface area contributed by atoms with Gasteiger partial charge in [-0.05, 0) is 25.3 Å². The van der Waals surface area contributed by atoms with Gasteiger partial charge in [0.2, 0.25) is 5.91 Å². The van der Waals surface area contributed by atoms with Crippen LogP contribution in [0.4, 0.5) is 0 Å². The summed E-state index contributed by atoms with van der Waals surface area (Å²) in [6.07, 6.45) is 1.43. The van der Waals surface area contributed by atoms with Crippen LogP contribution in [-0.4, -0.2) is 35.0 Å². The Balaban J connectivity index is 2.05. The van der Waals surface area contributed by atoms with Crippen LogP contribution in [0.1, 0.15) is 31.2 Å². The molecule has 0 bridgehead atoms. The number of rotatable bonds is 3. The predicted octanol–water partition coefficient (Wildman–Crippen LogP) is 2.11. The molecule has 1 amide bonds. The third kappa shape index (κ3) is 3.13. The molecule has 4 nitrogen and oxygen atoms in total. The zero-order chi connectivity index (χ0) is 13.8. The Hall–Kier alpha value is -1.84. The largest absolute Gasteiger partial charge is 0.481 e. The zero-order valence-corrected chi connectivity index (χ0v) is 11.1. The molecule has 1 aromatic rings. The molecule has 1 aliphatic heterocycles. The molecule has 1 unspecified atom stereocenters. The van der Waals surface area contributed by atoms with Gasteiger partial charge >= 0.3 is 5.97 Å². The molecule has 1 heterocycles. The molecular formula is C15H19NO3. The van der Waals surface area contributed by atoms with Gasteiger partial charge in [-0.1, -0.05) is 30.3 Å². The Morgan fingerprint density at radius 3 is 2.63 bits per heavy atom. The molecule has 0 aromatic heterocycles. The fraction of sp³-hybridized carbons (Fsp3) is 0.467. The zero-order valence-electron chi connectivity index (χ0n) is 11.1. The quantitative estimate of drug-likeness (QED) is 0.906. The molecule has 4 heteroatoms. The topological polar surface area (TPSA) is 57.6 Å². The van der Waals surface area contributed by atoms with Crippen LogP contribution >= 0.6 is 0 Å². The van der Waals surface area contributed by atoms with Crippen LogP contribution in [-0.2, 0) is 9.59 Å². The summed E-state index contributed by atoms with van der Waals surface area (Å²) in [5, 5.41) is 9.06. The summed E-state index contributed by atoms with van der Waals surface area (Å²) in [5.41, 5.74) is 0.977. The molecule has 0 radical (unpaired) electrons. The minimum atomic E-state index is -0.801. The fourth-order valence-electron chi connectivity index (χ4n) is 2.54. The van der Waals surface area contributed by atoms with E-state index in [0.29, 0.717) is 19.5 Å². The van der Waals surface area contributed by atoms with Crippen LogP contribution in [0.15, 0.2) is 30.3 Å². The lowest BCUT2D eigenvalue weighted by Gasteiger charge is -2.32. The highest BCUT2D eigenvalue weighted by Gasteiger charge is 2.30. The number of amides is 1. The van der Waals surface area contributed by atoms with Crippen LogP contribution in [0.2, 0.25) is 0 Å². The summed E-state index contributed by atoms with van der Waals surface area (Å²) in [6.45, 7) is 2.88. The van der Waals surface area contributed by atoms with E-state index in [-0.39, 0.29) is 11.8 Å². The van der Waals surface area contributed by atoms with Crippen LogP contribution in [0.3, 0.4) is 0 Å². The van der Waals surface area contributed by atoms with Gasteiger partial charge in [0.15, 0.2) is 0 Å². The van der Waals surface area contributed by atoms with Crippen molar-refractivity contribution >= 4 is 11.9 Å². The molecule has 1 fully saturated rings. The number of nitrogens with zero attached hydrogens (tertiary/aromatic N) is 1. The number of aliphatic carboxylic acids is 1. The van der Waals surface area contributed by atoms with Crippen molar-refractivity contribution in [3.8, 4) is 0 Å². The Kier molecular flexibility index (Phi) is 4.20. The molecule has 0 saturated carbocycles. The lowest BCUT2D eigenvalue weighted by atomic mass is 9.94. The third-order valence-electron chi connectivity index (χ3n) is 3.75. The monoisotopic (exact) mass is 261 g/mol. The van der Waals surface area contributed by atoms with E-state index in [2.05, 4.69) is 0 Å². The van der Waals surface area contributed by atoms with Gasteiger partial charge in [-0.25, -0.2) is 0 Å². The molecule has 1 aliphatic rings. The number of hydrogen-bond donors (Lipinski definition) is 1. The van der Waals surface area contributed by atoms with Crippen molar-refractivity contribution in [2.75, 3.05) is 13.1 Å². The van der Waals surface area contributed by atoms with Crippen LogP contribution < -0.4 is 0 Å². The van der Waals surface area contributed by atoms with Crippen molar-refractivity contribution < 1.29 is 14.7 Å². The second-order valence-electron chi connectivity index (χ2n) is 5.09. The second kappa shape index (κ2) is 5.87. The average molecular weight is 261 g/mol. The van der Waals surface area contributed by atoms with Crippen molar-refractivity contribution in [2.24, 2.45) is 5.92 Å². The van der Waals surface area contributed by atoms with E-state index in [0.717, 1.165) is 12.0 Å². The maximum absolute atomic E-state index is 12.4. The van der Waals surface area contributed by atoms with Gasteiger partial charge in [0.25, 0.3) is 0 Å². The van der Waals surface area contributed by atoms with Gasteiger partial charge in [0.1, 0.15) is 0 Å². The molecule has 19 heavy (non-hydrogen) atoms. The summed E-state index contributed by atoms with van der Waals surface area (Å²) >= 11 is 0. The highest BCUT2D eigenvalue weighted by molar-refractivity contribution is 5.84. The van der Waals surface area contributed by atoms with Crippen LogP contribution in [0.5, 0.6) is 0 Å². The van der Waals surface area contributed by atoms with Gasteiger partial charge in [0.05, 0.1) is 11.8 Å². The number of hydrogen-bond acceptors (Lipinski definition) is 2. The van der Waals surface area contributed by atoms with Crippen molar-refractivity contribution in [1.82, 2.24) is 4.90 Å². The Bertz CT molecular complexity index is 458. The maximum Gasteiger partial charge on any atom is 0.308 e. The first-order chi connectivity index (χ1) is 9.09. The molecule has 0 aliphatic carbocycles. The number of carboxylic acids is 1. The Morgan fingerprint density at radius 1 is 1.32 bits per heavy atom. The first kappa shape index (κ1) is 13.6. The SMILES string of the molecule is C[C@H](C(=O)N1CCCC(C(=O)O)C1)c1ccccc1. The van der Waals surface area contributed by atoms with E-state index >= 15 is 0 Å². The van der Waals surface area contributed by atoms with Crippen LogP contribution in [0, 0.1) is 5.92 Å². The second-order valence-corrected chi connectivity index (χ2v) is 5.09. The first-order valence-corrected chi connectivity index (χ1v) is 6.66. The van der Waals surface area contributed by atoms with Gasteiger partial charge in [-0.3, -0.25) is 9.59 Å². The van der Waals surface area contributed by atoms with Gasteiger partial charge in [-0.2, -0.15) is 0 Å². The molecule has 1 N–H and O–H groups in total. The number of carboxylic acid groups (broad SMARTS) is 1. The van der Waals surface area contributed by atoms with Gasteiger partial charge in [-0.15, -0.1) is 0 Å². The molecule has 1 saturated heterocycles. The minimum Gasteiger partial charge on any atom is -0.481 e. The number of likely N-dealkylation sites (tertiary alicyclic amines) is 1. The van der Waals surface area contributed by atoms with Gasteiger partial charge < -0.3 is 10.0 Å². The van der Waals surface area contributed by atoms with E-state index in [9.17, 15) is 9.59 Å². The average Bonchev–Trinajstić information content (AvgIpc) is 2.46. The lowest BCUT2D eigenvalue weighted by molar-refractivity contribution is -0.146. The molecule has 2 rings (SSSR count). The molecule has 102 valence electrons. The normalized spacial score (nSPS) is 20.9. The van der Waals surface area contributed by atoms with Crippen molar-refractivity contribution in [2.45, 2.75) is 25.7 Å². The van der Waals surface area contributed by atoms with Crippen molar-refractivity contribution in [3.05, 3.63) is 35.9 Å². The third-order valence-corrected chi connectivity index (χ3v) is 3.75. The standard InChI is InChI=1S/C15H19NO3/c1-11(12-6-3-2-4-7-12)14(17)16-9-5-8-13(10-16)15(18)19/h2-4,6-7,11,13H,5,8-10H2,1H3,(H,18,19)/t11-,13?/m0/s1. The highest BCUT2D eigenvalue weighted by Crippen LogP contribution is 2.22. The molecule has 0 spiro atoms. The van der Waals surface area contributed by atoms with E-state index in [1.54, 1.807) is 4.90 Å². The van der Waals surface area contributed by atoms with E-state index in [1.165, 1.54) is 0 Å². The van der Waals surface area contributed by atoms with Gasteiger partial charge in [0, 0.05) is 13.1 Å². The summed E-state index contributed by atoms with van der Waals surface area (Å²) < 4.78 is 0. The van der Waals surface area contributed by atoms with Crippen LogP contribution in [0.25, 0.3) is 0 Å². The number of carbonyl (C=O) groups excluding carboxylic acids is 1. The summed E-state index contributed by atoms with van der Waals surface area (Å²) in [6, 6.07) is 9.61. The fourth-order valence-corrected chi connectivity index (χ4v) is 2.54. The van der Waals surface area contributed by atoms with E-state index < -0.39 is 11.9 Å². The Labute approximate surface area is 113 Å². The number of carbonyl (C=O) groups is 2. The summed E-state index contributed by atoms with van der Waals surface area (Å²) in [5.74, 6) is -1.41. The van der Waals surface area contributed by atoms with E-state index in [4.69, 9.17) is 5.11 Å². The molecule has 2 atom stereocenters. The van der Waals surface area contributed by atoms with E-state index in [1.807, 2.05) is 37.3 Å². The molecule has 1 aromatic carbocycles.